The fourth-order valence-corrected chi connectivity index (χ4v) is 7.17. The summed E-state index contributed by atoms with van der Waals surface area (Å²) in [5.74, 6) is -1.68. The summed E-state index contributed by atoms with van der Waals surface area (Å²) in [6, 6.07) is -0.860. The molecule has 0 saturated carbocycles. The molecule has 37 heavy (non-hydrogen) atoms. The smallest absolute Gasteiger partial charge is 0.313 e. The molecule has 3 N–H and O–H groups in total. The Morgan fingerprint density at radius 3 is 3.00 bits per heavy atom. The van der Waals surface area contributed by atoms with Crippen molar-refractivity contribution >= 4 is 69.9 Å². The van der Waals surface area contributed by atoms with Crippen molar-refractivity contribution in [1.29, 1.82) is 0 Å². The summed E-state index contributed by atoms with van der Waals surface area (Å²) >= 11 is 3.64. The number of carbonyl (C=O) groups excluding carboxylic acids is 3. The second-order valence-electron chi connectivity index (χ2n) is 7.97. The first-order valence-corrected chi connectivity index (χ1v) is 13.6. The van der Waals surface area contributed by atoms with Crippen LogP contribution in [0, 0.1) is 5.41 Å². The van der Waals surface area contributed by atoms with Crippen molar-refractivity contribution in [3.63, 3.8) is 0 Å². The predicted octanol–water partition coefficient (Wildman–Crippen LogP) is 0.103. The highest BCUT2D eigenvalue weighted by Crippen LogP contribution is 2.44. The third kappa shape index (κ3) is 5.33. The van der Waals surface area contributed by atoms with E-state index in [-0.39, 0.29) is 34.6 Å². The molecule has 0 aromatic carbocycles. The van der Waals surface area contributed by atoms with Crippen molar-refractivity contribution in [1.82, 2.24) is 30.0 Å². The van der Waals surface area contributed by atoms with E-state index in [2.05, 4.69) is 37.5 Å². The van der Waals surface area contributed by atoms with Crippen LogP contribution >= 0.6 is 34.9 Å². The van der Waals surface area contributed by atoms with Gasteiger partial charge in [-0.05, 0) is 0 Å². The Kier molecular flexibility index (Phi) is 8.13. The van der Waals surface area contributed by atoms with Gasteiger partial charge in [-0.2, -0.15) is 0 Å². The third-order valence-corrected chi connectivity index (χ3v) is 9.23. The van der Waals surface area contributed by atoms with Crippen molar-refractivity contribution in [3.8, 4) is 0 Å². The lowest BCUT2D eigenvalue weighted by Crippen LogP contribution is -2.74. The second kappa shape index (κ2) is 11.3. The van der Waals surface area contributed by atoms with Crippen molar-refractivity contribution < 1.29 is 29.1 Å². The number of oxime groups is 1. The minimum Gasteiger partial charge on any atom is -0.481 e. The number of β-lactam (4-membered cyclic amide) rings is 1. The lowest BCUT2D eigenvalue weighted by atomic mass is 9.89. The number of nitrogens with one attached hydrogen (secondary N) is 2. The van der Waals surface area contributed by atoms with E-state index in [4.69, 9.17) is 4.84 Å². The molecular formula is C20H22N8O6S3. The number of carboxylic acid groups (broad SMARTS) is 1. The van der Waals surface area contributed by atoms with Crippen LogP contribution in [0.4, 0.5) is 5.13 Å². The molecule has 2 unspecified atom stereocenters. The Morgan fingerprint density at radius 1 is 1.49 bits per heavy atom. The zero-order chi connectivity index (χ0) is 26.6. The summed E-state index contributed by atoms with van der Waals surface area (Å²) in [6.07, 6.45) is 3.69. The average Bonchev–Trinajstić information content (AvgIpc) is 3.54. The maximum absolute atomic E-state index is 12.9. The standard InChI is InChI=1S/C20H22N8O6S3/c1-3-4-27-9-22-25-19(27)37-8-20(17(32)33)6-28-15(31)13(16(28)36-7-20)24-14(30)12(26-34-2)11-5-35-18(23-11)21-10-29/h3,5,9-10,13,16H,1,4,6-8H2,2H3,(H,24,30)(H,32,33)(H,21,23,29)/t13?,16-,20?/m1/s1. The van der Waals surface area contributed by atoms with Crippen LogP contribution in [0.15, 0.2) is 34.7 Å². The number of thioether (sulfide) groups is 2. The summed E-state index contributed by atoms with van der Waals surface area (Å²) in [4.78, 5) is 59.2. The fourth-order valence-electron chi connectivity index (χ4n) is 3.73. The summed E-state index contributed by atoms with van der Waals surface area (Å²) < 4.78 is 1.76. The van der Waals surface area contributed by atoms with E-state index in [1.807, 2.05) is 0 Å². The lowest BCUT2D eigenvalue weighted by molar-refractivity contribution is -0.157. The maximum atomic E-state index is 12.9. The molecule has 14 nitrogen and oxygen atoms in total. The molecule has 0 radical (unpaired) electrons. The van der Waals surface area contributed by atoms with E-state index in [9.17, 15) is 24.3 Å². The number of aliphatic carboxylic acids is 1. The van der Waals surface area contributed by atoms with E-state index >= 15 is 0 Å². The highest BCUT2D eigenvalue weighted by atomic mass is 32.2. The molecule has 2 aliphatic rings. The van der Waals surface area contributed by atoms with Gasteiger partial charge in [0, 0.05) is 30.0 Å². The molecule has 0 aliphatic carbocycles. The van der Waals surface area contributed by atoms with Crippen molar-refractivity contribution in [2.45, 2.75) is 23.1 Å². The van der Waals surface area contributed by atoms with Crippen LogP contribution in [0.25, 0.3) is 0 Å². The first kappa shape index (κ1) is 26.6. The lowest BCUT2D eigenvalue weighted by Gasteiger charge is -2.53. The molecule has 3 amide bonds. The summed E-state index contributed by atoms with van der Waals surface area (Å²) in [7, 11) is 1.26. The Hall–Kier alpha value is -3.44. The molecule has 17 heteroatoms. The minimum absolute atomic E-state index is 0.000369. The number of rotatable bonds is 12. The summed E-state index contributed by atoms with van der Waals surface area (Å²) in [5.41, 5.74) is -1.20. The van der Waals surface area contributed by atoms with Crippen LogP contribution < -0.4 is 10.6 Å². The molecule has 2 fully saturated rings. The van der Waals surface area contributed by atoms with Crippen LogP contribution in [0.5, 0.6) is 0 Å². The number of fused-ring (bicyclic) bond motifs is 1. The number of carbonyl (C=O) groups is 4. The molecular weight excluding hydrogens is 544 g/mol. The zero-order valence-electron chi connectivity index (χ0n) is 19.4. The molecule has 0 bridgehead atoms. The third-order valence-electron chi connectivity index (χ3n) is 5.60. The predicted molar refractivity (Wildman–Crippen MR) is 136 cm³/mol. The van der Waals surface area contributed by atoms with Crippen molar-refractivity contribution in [2.24, 2.45) is 10.6 Å². The molecule has 2 aromatic heterocycles. The number of carboxylic acids is 1. The molecule has 0 spiro atoms. The normalized spacial score (nSPS) is 23.0. The van der Waals surface area contributed by atoms with Gasteiger partial charge >= 0.3 is 5.97 Å². The van der Waals surface area contributed by atoms with E-state index in [1.165, 1.54) is 40.9 Å². The Morgan fingerprint density at radius 2 is 2.30 bits per heavy atom. The van der Waals surface area contributed by atoms with Gasteiger partial charge in [0.2, 0.25) is 12.3 Å². The maximum Gasteiger partial charge on any atom is 0.313 e. The van der Waals surface area contributed by atoms with Crippen LogP contribution in [0.1, 0.15) is 5.69 Å². The van der Waals surface area contributed by atoms with Crippen molar-refractivity contribution in [2.75, 3.05) is 30.5 Å². The van der Waals surface area contributed by atoms with E-state index in [0.717, 1.165) is 11.3 Å². The Labute approximate surface area is 222 Å². The van der Waals surface area contributed by atoms with Crippen LogP contribution in [0.3, 0.4) is 0 Å². The molecule has 4 rings (SSSR count). The van der Waals surface area contributed by atoms with Gasteiger partial charge in [0.25, 0.3) is 5.91 Å². The molecule has 3 atom stereocenters. The number of thiazole rings is 1. The second-order valence-corrected chi connectivity index (χ2v) is 10.9. The topological polar surface area (TPSA) is 181 Å². The monoisotopic (exact) mass is 566 g/mol. The van der Waals surface area contributed by atoms with E-state index < -0.39 is 34.6 Å². The molecule has 4 heterocycles. The first-order chi connectivity index (χ1) is 17.8. The van der Waals surface area contributed by atoms with Gasteiger partial charge in [0.05, 0.1) is 0 Å². The molecule has 196 valence electrons. The zero-order valence-corrected chi connectivity index (χ0v) is 21.8. The van der Waals surface area contributed by atoms with Crippen LogP contribution in [-0.2, 0) is 30.6 Å². The summed E-state index contributed by atoms with van der Waals surface area (Å²) in [6.45, 7) is 4.18. The van der Waals surface area contributed by atoms with Gasteiger partial charge in [-0.25, -0.2) is 4.98 Å². The van der Waals surface area contributed by atoms with Gasteiger partial charge in [0.1, 0.15) is 36.0 Å². The largest absolute Gasteiger partial charge is 0.481 e. The van der Waals surface area contributed by atoms with Crippen LogP contribution in [0.2, 0.25) is 0 Å². The van der Waals surface area contributed by atoms with Gasteiger partial charge < -0.3 is 30.0 Å². The van der Waals surface area contributed by atoms with Gasteiger partial charge in [0.15, 0.2) is 16.0 Å². The molecule has 2 saturated heterocycles. The Balaban J connectivity index is 1.42. The van der Waals surface area contributed by atoms with Gasteiger partial charge in [-0.3, -0.25) is 19.2 Å². The van der Waals surface area contributed by atoms with Gasteiger partial charge in [-0.15, -0.1) is 39.9 Å². The van der Waals surface area contributed by atoms with E-state index in [0.29, 0.717) is 18.1 Å². The number of hydrogen-bond acceptors (Lipinski definition) is 12. The van der Waals surface area contributed by atoms with E-state index in [1.54, 1.807) is 17.0 Å². The number of nitrogens with zero attached hydrogens (tertiary/aromatic N) is 6. The van der Waals surface area contributed by atoms with Gasteiger partial charge in [-0.1, -0.05) is 23.0 Å². The number of allylic oxidation sites excluding steroid dienone is 1. The van der Waals surface area contributed by atoms with Crippen LogP contribution in [-0.4, -0.2) is 96.2 Å². The fraction of sp³-hybridized carbons (Fsp3) is 0.400. The first-order valence-electron chi connectivity index (χ1n) is 10.7. The highest BCUT2D eigenvalue weighted by Gasteiger charge is 2.57. The highest BCUT2D eigenvalue weighted by molar-refractivity contribution is 8.00. The number of aromatic nitrogens is 4. The Bertz CT molecular complexity index is 1250. The minimum atomic E-state index is -1.20. The number of amides is 3. The summed E-state index contributed by atoms with van der Waals surface area (Å²) in [5, 5.41) is 28.6. The molecule has 2 aromatic rings. The number of hydrogen-bond donors (Lipinski definition) is 3. The average molecular weight is 567 g/mol. The SMILES string of the molecule is C=CCn1cnnc1SCC1(C(=O)O)CS[C@@H]2C(NC(=O)C(=NOC)c3csc(NC=O)n3)C(=O)N2C1. The molecule has 2 aliphatic heterocycles. The quantitative estimate of drug-likeness (QED) is 0.0792. The number of anilines is 1. The van der Waals surface area contributed by atoms with Crippen molar-refractivity contribution in [3.05, 3.63) is 30.1 Å².